The van der Waals surface area contributed by atoms with Gasteiger partial charge in [0.05, 0.1) is 0 Å². The van der Waals surface area contributed by atoms with Crippen LogP contribution in [0.1, 0.15) is 15.9 Å². The molecule has 0 aliphatic heterocycles. The summed E-state index contributed by atoms with van der Waals surface area (Å²) >= 11 is 0. The number of amides is 1. The Morgan fingerprint density at radius 2 is 2.06 bits per heavy atom. The quantitative estimate of drug-likeness (QED) is 0.820. The summed E-state index contributed by atoms with van der Waals surface area (Å²) in [5, 5.41) is 0. The molecule has 0 unspecified atom stereocenters. The molecule has 2 N–H and O–H groups in total. The summed E-state index contributed by atoms with van der Waals surface area (Å²) in [6.45, 7) is 1.91. The van der Waals surface area contributed by atoms with Crippen molar-refractivity contribution >= 4 is 17.4 Å². The van der Waals surface area contributed by atoms with Crippen LogP contribution in [0, 0.1) is 6.92 Å². The average Bonchev–Trinajstić information content (AvgIpc) is 2.41. The maximum Gasteiger partial charge on any atom is 0.259 e. The molecule has 0 aliphatic rings. The Hall–Kier alpha value is -2.36. The topological polar surface area (TPSA) is 59.2 Å². The zero-order valence-corrected chi connectivity index (χ0v) is 10.4. The van der Waals surface area contributed by atoms with Crippen LogP contribution in [-0.2, 0) is 0 Å². The van der Waals surface area contributed by atoms with Crippen LogP contribution in [0.25, 0.3) is 0 Å². The minimum atomic E-state index is -0.125. The lowest BCUT2D eigenvalue weighted by Gasteiger charge is -2.16. The van der Waals surface area contributed by atoms with Crippen molar-refractivity contribution in [3.63, 3.8) is 0 Å². The third-order valence-electron chi connectivity index (χ3n) is 2.82. The number of nitrogens with two attached hydrogens (primary N) is 1. The fourth-order valence-electron chi connectivity index (χ4n) is 1.62. The van der Waals surface area contributed by atoms with Crippen LogP contribution >= 0.6 is 0 Å². The van der Waals surface area contributed by atoms with Crippen molar-refractivity contribution in [1.29, 1.82) is 0 Å². The van der Waals surface area contributed by atoms with Gasteiger partial charge < -0.3 is 5.73 Å². The van der Waals surface area contributed by atoms with Crippen LogP contribution in [0.4, 0.5) is 11.5 Å². The average molecular weight is 241 g/mol. The van der Waals surface area contributed by atoms with E-state index in [1.807, 2.05) is 25.1 Å². The highest BCUT2D eigenvalue weighted by atomic mass is 16.2. The molecule has 2 rings (SSSR count). The molecule has 4 heteroatoms. The Morgan fingerprint density at radius 1 is 1.28 bits per heavy atom. The Bertz CT molecular complexity index is 567. The van der Waals surface area contributed by atoms with E-state index in [0.717, 1.165) is 5.56 Å². The molecule has 0 saturated heterocycles. The molecule has 1 aromatic heterocycles. The molecular weight excluding hydrogens is 226 g/mol. The first kappa shape index (κ1) is 12.1. The smallest absolute Gasteiger partial charge is 0.259 e. The van der Waals surface area contributed by atoms with Gasteiger partial charge in [-0.15, -0.1) is 0 Å². The molecular formula is C14H15N3O. The van der Waals surface area contributed by atoms with Crippen LogP contribution in [0.3, 0.4) is 0 Å². The van der Waals surface area contributed by atoms with E-state index in [9.17, 15) is 4.79 Å². The number of anilines is 2. The summed E-state index contributed by atoms with van der Waals surface area (Å²) in [6.07, 6.45) is 1.66. The van der Waals surface area contributed by atoms with Gasteiger partial charge in [0.1, 0.15) is 5.82 Å². The molecule has 1 amide bonds. The fraction of sp³-hybridized carbons (Fsp3) is 0.143. The number of aromatic nitrogens is 1. The van der Waals surface area contributed by atoms with Crippen LogP contribution < -0.4 is 10.6 Å². The lowest BCUT2D eigenvalue weighted by Crippen LogP contribution is -2.27. The molecule has 0 bridgehead atoms. The molecule has 1 aromatic carbocycles. The minimum absolute atomic E-state index is 0.125. The summed E-state index contributed by atoms with van der Waals surface area (Å²) < 4.78 is 0. The van der Waals surface area contributed by atoms with Crippen molar-refractivity contribution in [1.82, 2.24) is 4.98 Å². The lowest BCUT2D eigenvalue weighted by molar-refractivity contribution is 0.0992. The number of rotatable bonds is 2. The van der Waals surface area contributed by atoms with Crippen molar-refractivity contribution in [3.05, 3.63) is 53.7 Å². The monoisotopic (exact) mass is 241 g/mol. The first-order chi connectivity index (χ1) is 8.59. The second kappa shape index (κ2) is 4.87. The number of hydrogen-bond donors (Lipinski definition) is 1. The first-order valence-corrected chi connectivity index (χ1v) is 5.65. The molecule has 0 aliphatic carbocycles. The summed E-state index contributed by atoms with van der Waals surface area (Å²) in [6, 6.07) is 10.7. The molecule has 0 radical (unpaired) electrons. The van der Waals surface area contributed by atoms with Gasteiger partial charge >= 0.3 is 0 Å². The van der Waals surface area contributed by atoms with E-state index >= 15 is 0 Å². The Labute approximate surface area is 106 Å². The number of carbonyl (C=O) groups is 1. The molecule has 2 aromatic rings. The van der Waals surface area contributed by atoms with Gasteiger partial charge in [-0.1, -0.05) is 12.1 Å². The van der Waals surface area contributed by atoms with Crippen LogP contribution in [-0.4, -0.2) is 17.9 Å². The zero-order chi connectivity index (χ0) is 13.1. The molecule has 4 nitrogen and oxygen atoms in total. The zero-order valence-electron chi connectivity index (χ0n) is 10.4. The van der Waals surface area contributed by atoms with Gasteiger partial charge in [-0.25, -0.2) is 4.98 Å². The second-order valence-corrected chi connectivity index (χ2v) is 4.12. The number of nitrogens with zero attached hydrogens (tertiary/aromatic N) is 2. The number of nitrogen functional groups attached to an aromatic ring is 1. The largest absolute Gasteiger partial charge is 0.398 e. The van der Waals surface area contributed by atoms with E-state index < -0.39 is 0 Å². The summed E-state index contributed by atoms with van der Waals surface area (Å²) in [4.78, 5) is 17.9. The normalized spacial score (nSPS) is 10.1. The summed E-state index contributed by atoms with van der Waals surface area (Å²) in [7, 11) is 1.70. The van der Waals surface area contributed by atoms with Gasteiger partial charge in [0.25, 0.3) is 5.91 Å². The minimum Gasteiger partial charge on any atom is -0.398 e. The highest BCUT2D eigenvalue weighted by Crippen LogP contribution is 2.16. The summed E-state index contributed by atoms with van der Waals surface area (Å²) in [5.74, 6) is 0.488. The lowest BCUT2D eigenvalue weighted by atomic mass is 10.1. The first-order valence-electron chi connectivity index (χ1n) is 5.65. The van der Waals surface area contributed by atoms with Crippen molar-refractivity contribution in [2.75, 3.05) is 17.7 Å². The number of carbonyl (C=O) groups excluding carboxylic acids is 1. The van der Waals surface area contributed by atoms with Gasteiger partial charge in [0.2, 0.25) is 0 Å². The van der Waals surface area contributed by atoms with Gasteiger partial charge in [-0.05, 0) is 36.8 Å². The van der Waals surface area contributed by atoms with E-state index in [-0.39, 0.29) is 5.91 Å². The second-order valence-electron chi connectivity index (χ2n) is 4.12. The Kier molecular flexibility index (Phi) is 3.28. The number of pyridine rings is 1. The Morgan fingerprint density at radius 3 is 2.67 bits per heavy atom. The molecule has 0 atom stereocenters. The molecule has 92 valence electrons. The van der Waals surface area contributed by atoms with Crippen LogP contribution in [0.2, 0.25) is 0 Å². The van der Waals surface area contributed by atoms with E-state index in [1.165, 1.54) is 4.90 Å². The van der Waals surface area contributed by atoms with Crippen molar-refractivity contribution in [3.8, 4) is 0 Å². The third kappa shape index (κ3) is 2.32. The van der Waals surface area contributed by atoms with E-state index in [0.29, 0.717) is 17.1 Å². The van der Waals surface area contributed by atoms with Crippen LogP contribution in [0.15, 0.2) is 42.6 Å². The number of benzene rings is 1. The van der Waals surface area contributed by atoms with E-state index in [1.54, 1.807) is 31.4 Å². The van der Waals surface area contributed by atoms with Gasteiger partial charge in [-0.2, -0.15) is 0 Å². The van der Waals surface area contributed by atoms with Crippen molar-refractivity contribution < 1.29 is 4.79 Å². The predicted octanol–water partition coefficient (Wildman–Crippen LogP) is 2.25. The van der Waals surface area contributed by atoms with Crippen molar-refractivity contribution in [2.24, 2.45) is 0 Å². The molecule has 0 spiro atoms. The molecule has 1 heterocycles. The van der Waals surface area contributed by atoms with Crippen molar-refractivity contribution in [2.45, 2.75) is 6.92 Å². The highest BCUT2D eigenvalue weighted by molar-refractivity contribution is 6.05. The highest BCUT2D eigenvalue weighted by Gasteiger charge is 2.14. The molecule has 18 heavy (non-hydrogen) atoms. The number of aryl methyl sites for hydroxylation is 1. The SMILES string of the molecule is Cc1ccc(C(=O)N(C)c2ccccn2)cc1N. The summed E-state index contributed by atoms with van der Waals surface area (Å²) in [5.41, 5.74) is 7.96. The van der Waals surface area contributed by atoms with Gasteiger partial charge in [0.15, 0.2) is 0 Å². The van der Waals surface area contributed by atoms with E-state index in [2.05, 4.69) is 4.98 Å². The Balaban J connectivity index is 2.29. The fourth-order valence-corrected chi connectivity index (χ4v) is 1.62. The molecule has 0 fully saturated rings. The maximum absolute atomic E-state index is 12.2. The van der Waals surface area contributed by atoms with Crippen LogP contribution in [0.5, 0.6) is 0 Å². The molecule has 0 saturated carbocycles. The standard InChI is InChI=1S/C14H15N3O/c1-10-6-7-11(9-12(10)15)14(18)17(2)13-5-3-4-8-16-13/h3-9H,15H2,1-2H3. The predicted molar refractivity (Wildman–Crippen MR) is 72.6 cm³/mol. The number of hydrogen-bond acceptors (Lipinski definition) is 3. The van der Waals surface area contributed by atoms with Gasteiger partial charge in [0, 0.05) is 24.5 Å². The maximum atomic E-state index is 12.2. The van der Waals surface area contributed by atoms with Gasteiger partial charge in [-0.3, -0.25) is 9.69 Å². The third-order valence-corrected chi connectivity index (χ3v) is 2.82. The van der Waals surface area contributed by atoms with E-state index in [4.69, 9.17) is 5.73 Å².